The standard InChI is InChI=1S/C31H28O4/c1-21-8-7-11-28(18-21)34-20-24-13-16-26(17-14-24)31(33)35-30(25-9-5-4-6-10-25)29(32)27-15-12-22(2)23(3)19-27/h4-19,30H,20H2,1-3H3/t30-/m0/s1. The molecule has 0 aromatic heterocycles. The quantitative estimate of drug-likeness (QED) is 0.209. The van der Waals surface area contributed by atoms with Gasteiger partial charge in [0.05, 0.1) is 5.56 Å². The van der Waals surface area contributed by atoms with Crippen LogP contribution in [0.25, 0.3) is 0 Å². The Labute approximate surface area is 206 Å². The summed E-state index contributed by atoms with van der Waals surface area (Å²) in [4.78, 5) is 26.4. The van der Waals surface area contributed by atoms with Crippen molar-refractivity contribution in [1.29, 1.82) is 0 Å². The van der Waals surface area contributed by atoms with Crippen molar-refractivity contribution in [3.8, 4) is 5.75 Å². The summed E-state index contributed by atoms with van der Waals surface area (Å²) in [6.07, 6.45) is -1.03. The van der Waals surface area contributed by atoms with Gasteiger partial charge in [0, 0.05) is 11.1 Å². The molecule has 176 valence electrons. The van der Waals surface area contributed by atoms with Gasteiger partial charge in [0.25, 0.3) is 0 Å². The zero-order valence-corrected chi connectivity index (χ0v) is 20.2. The molecule has 0 spiro atoms. The molecule has 0 amide bonds. The van der Waals surface area contributed by atoms with Crippen LogP contribution in [-0.2, 0) is 11.3 Å². The van der Waals surface area contributed by atoms with E-state index < -0.39 is 12.1 Å². The smallest absolute Gasteiger partial charge is 0.339 e. The summed E-state index contributed by atoms with van der Waals surface area (Å²) in [7, 11) is 0. The first-order valence-corrected chi connectivity index (χ1v) is 11.6. The average Bonchev–Trinajstić information content (AvgIpc) is 2.88. The molecule has 0 aliphatic carbocycles. The van der Waals surface area contributed by atoms with Gasteiger partial charge in [-0.2, -0.15) is 0 Å². The van der Waals surface area contributed by atoms with E-state index in [0.29, 0.717) is 23.3 Å². The van der Waals surface area contributed by atoms with Crippen LogP contribution in [0.1, 0.15) is 54.6 Å². The number of ketones is 1. The minimum absolute atomic E-state index is 0.254. The number of benzene rings is 4. The summed E-state index contributed by atoms with van der Waals surface area (Å²) in [6.45, 7) is 6.35. The predicted molar refractivity (Wildman–Crippen MR) is 137 cm³/mol. The lowest BCUT2D eigenvalue weighted by Crippen LogP contribution is -2.20. The molecule has 0 heterocycles. The molecule has 4 aromatic carbocycles. The third-order valence-corrected chi connectivity index (χ3v) is 5.94. The molecule has 0 N–H and O–H groups in total. The number of esters is 1. The predicted octanol–water partition coefficient (Wildman–Crippen LogP) is 6.97. The lowest BCUT2D eigenvalue weighted by atomic mass is 9.97. The zero-order valence-electron chi connectivity index (χ0n) is 20.2. The highest BCUT2D eigenvalue weighted by Crippen LogP contribution is 2.25. The van der Waals surface area contributed by atoms with Crippen LogP contribution in [-0.4, -0.2) is 11.8 Å². The van der Waals surface area contributed by atoms with Crippen LogP contribution in [0.15, 0.2) is 97.1 Å². The normalized spacial score (nSPS) is 11.5. The van der Waals surface area contributed by atoms with E-state index >= 15 is 0 Å². The minimum Gasteiger partial charge on any atom is -0.489 e. The third kappa shape index (κ3) is 6.04. The van der Waals surface area contributed by atoms with Crippen LogP contribution in [0, 0.1) is 20.8 Å². The summed E-state index contributed by atoms with van der Waals surface area (Å²) < 4.78 is 11.6. The van der Waals surface area contributed by atoms with Crippen molar-refractivity contribution in [3.05, 3.63) is 136 Å². The minimum atomic E-state index is -1.03. The van der Waals surface area contributed by atoms with Gasteiger partial charge in [0.2, 0.25) is 5.78 Å². The fourth-order valence-corrected chi connectivity index (χ4v) is 3.73. The SMILES string of the molecule is Cc1cccc(OCc2ccc(C(=O)O[C@H](C(=O)c3ccc(C)c(C)c3)c3ccccc3)cc2)c1. The zero-order chi connectivity index (χ0) is 24.8. The fourth-order valence-electron chi connectivity index (χ4n) is 3.73. The highest BCUT2D eigenvalue weighted by Gasteiger charge is 2.27. The first-order chi connectivity index (χ1) is 16.9. The van der Waals surface area contributed by atoms with E-state index in [0.717, 1.165) is 28.0 Å². The van der Waals surface area contributed by atoms with Crippen molar-refractivity contribution >= 4 is 11.8 Å². The van der Waals surface area contributed by atoms with Crippen LogP contribution >= 0.6 is 0 Å². The summed E-state index contributed by atoms with van der Waals surface area (Å²) >= 11 is 0. The monoisotopic (exact) mass is 464 g/mol. The van der Waals surface area contributed by atoms with E-state index in [2.05, 4.69) is 0 Å². The third-order valence-electron chi connectivity index (χ3n) is 5.94. The Balaban J connectivity index is 1.49. The molecule has 0 saturated heterocycles. The number of carbonyl (C=O) groups excluding carboxylic acids is 2. The summed E-state index contributed by atoms with van der Waals surface area (Å²) in [5.41, 5.74) is 5.68. The van der Waals surface area contributed by atoms with Crippen LogP contribution in [0.3, 0.4) is 0 Å². The molecule has 0 unspecified atom stereocenters. The van der Waals surface area contributed by atoms with Gasteiger partial charge in [0.15, 0.2) is 6.10 Å². The van der Waals surface area contributed by atoms with E-state index in [1.807, 2.05) is 87.5 Å². The molecule has 0 saturated carbocycles. The van der Waals surface area contributed by atoms with Crippen molar-refractivity contribution in [2.45, 2.75) is 33.5 Å². The highest BCUT2D eigenvalue weighted by molar-refractivity contribution is 6.02. The Morgan fingerprint density at radius 1 is 0.714 bits per heavy atom. The molecule has 0 radical (unpaired) electrons. The van der Waals surface area contributed by atoms with Crippen LogP contribution in [0.2, 0.25) is 0 Å². The van der Waals surface area contributed by atoms with E-state index in [9.17, 15) is 9.59 Å². The van der Waals surface area contributed by atoms with Gasteiger partial charge in [-0.3, -0.25) is 4.79 Å². The molecule has 0 fully saturated rings. The maximum Gasteiger partial charge on any atom is 0.339 e. The Morgan fingerprint density at radius 3 is 2.11 bits per heavy atom. The molecule has 35 heavy (non-hydrogen) atoms. The second kappa shape index (κ2) is 10.8. The maximum absolute atomic E-state index is 13.4. The van der Waals surface area contributed by atoms with Gasteiger partial charge < -0.3 is 9.47 Å². The van der Waals surface area contributed by atoms with Gasteiger partial charge in [-0.25, -0.2) is 4.79 Å². The van der Waals surface area contributed by atoms with Gasteiger partial charge in [-0.1, -0.05) is 66.7 Å². The molecular formula is C31H28O4. The van der Waals surface area contributed by atoms with Gasteiger partial charge >= 0.3 is 5.97 Å². The number of ether oxygens (including phenoxy) is 2. The van der Waals surface area contributed by atoms with Crippen molar-refractivity contribution in [2.75, 3.05) is 0 Å². The molecule has 4 heteroatoms. The number of carbonyl (C=O) groups is 2. The second-order valence-electron chi connectivity index (χ2n) is 8.66. The summed E-state index contributed by atoms with van der Waals surface area (Å²) in [6, 6.07) is 29.5. The van der Waals surface area contributed by atoms with E-state index in [-0.39, 0.29) is 5.78 Å². The van der Waals surface area contributed by atoms with Crippen LogP contribution in [0.4, 0.5) is 0 Å². The van der Waals surface area contributed by atoms with Crippen LogP contribution in [0.5, 0.6) is 5.75 Å². The molecule has 1 atom stereocenters. The average molecular weight is 465 g/mol. The Hall–Kier alpha value is -4.18. The van der Waals surface area contributed by atoms with E-state index in [4.69, 9.17) is 9.47 Å². The molecule has 0 aliphatic heterocycles. The number of hydrogen-bond acceptors (Lipinski definition) is 4. The van der Waals surface area contributed by atoms with Gasteiger partial charge in [-0.15, -0.1) is 0 Å². The van der Waals surface area contributed by atoms with Crippen molar-refractivity contribution in [3.63, 3.8) is 0 Å². The molecule has 0 aliphatic rings. The Morgan fingerprint density at radius 2 is 1.43 bits per heavy atom. The van der Waals surface area contributed by atoms with Gasteiger partial charge in [0.1, 0.15) is 12.4 Å². The van der Waals surface area contributed by atoms with Gasteiger partial charge in [-0.05, 0) is 73.4 Å². The topological polar surface area (TPSA) is 52.6 Å². The van der Waals surface area contributed by atoms with Crippen LogP contribution < -0.4 is 4.74 Å². The maximum atomic E-state index is 13.4. The first kappa shape index (κ1) is 24.0. The number of hydrogen-bond donors (Lipinski definition) is 0. The van der Waals surface area contributed by atoms with E-state index in [1.54, 1.807) is 30.3 Å². The number of rotatable bonds is 8. The second-order valence-corrected chi connectivity index (χ2v) is 8.66. The van der Waals surface area contributed by atoms with Crippen molar-refractivity contribution in [1.82, 2.24) is 0 Å². The highest BCUT2D eigenvalue weighted by atomic mass is 16.5. The number of aryl methyl sites for hydroxylation is 3. The van der Waals surface area contributed by atoms with E-state index in [1.165, 1.54) is 0 Å². The molecule has 4 rings (SSSR count). The molecule has 4 nitrogen and oxygen atoms in total. The molecule has 0 bridgehead atoms. The summed E-state index contributed by atoms with van der Waals surface area (Å²) in [5, 5.41) is 0. The lowest BCUT2D eigenvalue weighted by Gasteiger charge is -2.18. The lowest BCUT2D eigenvalue weighted by molar-refractivity contribution is 0.0280. The van der Waals surface area contributed by atoms with Crippen molar-refractivity contribution in [2.24, 2.45) is 0 Å². The Kier molecular flexibility index (Phi) is 7.41. The number of Topliss-reactive ketones (excluding diaryl/α,β-unsaturated/α-hetero) is 1. The Bertz CT molecular complexity index is 1320. The molecular weight excluding hydrogens is 436 g/mol. The summed E-state index contributed by atoms with van der Waals surface area (Å²) in [5.74, 6) is -0.0120. The molecule has 4 aromatic rings. The fraction of sp³-hybridized carbons (Fsp3) is 0.161. The largest absolute Gasteiger partial charge is 0.489 e. The van der Waals surface area contributed by atoms with Crippen molar-refractivity contribution < 1.29 is 19.1 Å². The first-order valence-electron chi connectivity index (χ1n) is 11.6.